The summed E-state index contributed by atoms with van der Waals surface area (Å²) in [5.41, 5.74) is 13.3. The van der Waals surface area contributed by atoms with Gasteiger partial charge in [0.15, 0.2) is 11.0 Å². The molecule has 3 N–H and O–H groups in total. The third-order valence-electron chi connectivity index (χ3n) is 3.00. The molecule has 0 saturated carbocycles. The van der Waals surface area contributed by atoms with Gasteiger partial charge in [-0.25, -0.2) is 0 Å². The average Bonchev–Trinajstić information content (AvgIpc) is 2.75. The van der Waals surface area contributed by atoms with Crippen molar-refractivity contribution in [2.45, 2.75) is 11.7 Å². The molecular formula is C11H9N5O7S. The molecule has 1 aromatic carbocycles. The molecule has 1 aliphatic heterocycles. The second-order valence-corrected chi connectivity index (χ2v) is 6.16. The zero-order valence-corrected chi connectivity index (χ0v) is 12.5. The van der Waals surface area contributed by atoms with Gasteiger partial charge >= 0.3 is 0 Å². The Morgan fingerprint density at radius 3 is 2.62 bits per heavy atom. The highest BCUT2D eigenvalue weighted by Gasteiger charge is 2.48. The Balaban J connectivity index is 2.41. The van der Waals surface area contributed by atoms with Crippen molar-refractivity contribution in [3.05, 3.63) is 34.2 Å². The highest BCUT2D eigenvalue weighted by atomic mass is 32.2. The van der Waals surface area contributed by atoms with Crippen molar-refractivity contribution in [1.82, 2.24) is 5.06 Å². The van der Waals surface area contributed by atoms with Gasteiger partial charge in [0.05, 0.1) is 12.0 Å². The fourth-order valence-corrected chi connectivity index (χ4v) is 2.62. The van der Waals surface area contributed by atoms with Crippen LogP contribution in [-0.4, -0.2) is 41.0 Å². The van der Waals surface area contributed by atoms with Crippen LogP contribution in [0.2, 0.25) is 0 Å². The maximum atomic E-state index is 11.9. The van der Waals surface area contributed by atoms with E-state index in [0.717, 1.165) is 12.1 Å². The molecule has 0 bridgehead atoms. The molecule has 1 heterocycles. The van der Waals surface area contributed by atoms with Crippen LogP contribution in [0, 0.1) is 0 Å². The van der Waals surface area contributed by atoms with Crippen LogP contribution in [0.5, 0.6) is 5.75 Å². The lowest BCUT2D eigenvalue weighted by molar-refractivity contribution is -0.164. The van der Waals surface area contributed by atoms with Crippen molar-refractivity contribution in [2.24, 2.45) is 10.8 Å². The lowest BCUT2D eigenvalue weighted by atomic mass is 10.2. The Bertz CT molecular complexity index is 890. The minimum Gasteiger partial charge on any atom is -0.368 e. The molecule has 3 amide bonds. The maximum Gasteiger partial charge on any atom is 0.284 e. The molecular weight excluding hydrogens is 346 g/mol. The fraction of sp³-hybridized carbons (Fsp3) is 0.182. The summed E-state index contributed by atoms with van der Waals surface area (Å²) in [5, 5.41) is 1.36. The van der Waals surface area contributed by atoms with Crippen LogP contribution in [0.15, 0.2) is 23.3 Å². The van der Waals surface area contributed by atoms with E-state index >= 15 is 0 Å². The van der Waals surface area contributed by atoms with E-state index in [1.54, 1.807) is 0 Å². The summed E-state index contributed by atoms with van der Waals surface area (Å²) in [6.07, 6.45) is -0.820. The number of hydrogen-bond donors (Lipinski definition) is 2. The Morgan fingerprint density at radius 1 is 1.46 bits per heavy atom. The van der Waals surface area contributed by atoms with E-state index < -0.39 is 45.3 Å². The van der Waals surface area contributed by atoms with Crippen molar-refractivity contribution in [3.63, 3.8) is 0 Å². The molecule has 0 aromatic heterocycles. The molecule has 13 heteroatoms. The summed E-state index contributed by atoms with van der Waals surface area (Å²) in [7, 11) is -4.80. The first-order valence-electron chi connectivity index (χ1n) is 6.15. The number of hydrogen-bond acceptors (Lipinski definition) is 7. The van der Waals surface area contributed by atoms with Gasteiger partial charge in [-0.3, -0.25) is 18.9 Å². The molecule has 1 aliphatic rings. The number of azide groups is 1. The van der Waals surface area contributed by atoms with Crippen molar-refractivity contribution in [2.75, 3.05) is 0 Å². The quantitative estimate of drug-likeness (QED) is 0.244. The van der Waals surface area contributed by atoms with Crippen LogP contribution in [0.1, 0.15) is 16.8 Å². The molecule has 1 atom stereocenters. The molecule has 24 heavy (non-hydrogen) atoms. The normalized spacial score (nSPS) is 17.5. The average molecular weight is 355 g/mol. The van der Waals surface area contributed by atoms with Crippen molar-refractivity contribution >= 4 is 33.5 Å². The van der Waals surface area contributed by atoms with Crippen LogP contribution in [0.3, 0.4) is 0 Å². The Hall–Kier alpha value is -3.15. The Morgan fingerprint density at radius 2 is 2.12 bits per heavy atom. The molecule has 0 aliphatic carbocycles. The van der Waals surface area contributed by atoms with Gasteiger partial charge < -0.3 is 10.6 Å². The zero-order valence-electron chi connectivity index (χ0n) is 11.7. The summed E-state index contributed by atoms with van der Waals surface area (Å²) in [5.74, 6) is -3.74. The number of imide groups is 1. The number of rotatable bonds is 5. The second kappa shape index (κ2) is 6.16. The summed E-state index contributed by atoms with van der Waals surface area (Å²) in [6.45, 7) is 0. The highest BCUT2D eigenvalue weighted by molar-refractivity contribution is 7.87. The molecule has 1 aromatic rings. The Labute approximate surface area is 134 Å². The SMILES string of the molecule is [N-]=[N+]=Nc1ccc(C(N)=O)c(ON2C(=O)CC(S(=O)(=O)O)C2=O)c1. The smallest absolute Gasteiger partial charge is 0.284 e. The molecule has 126 valence electrons. The van der Waals surface area contributed by atoms with Gasteiger partial charge in [-0.1, -0.05) is 11.2 Å². The van der Waals surface area contributed by atoms with Crippen LogP contribution in [0.4, 0.5) is 5.69 Å². The van der Waals surface area contributed by atoms with Gasteiger partial charge in [0.25, 0.3) is 27.8 Å². The number of hydroxylamine groups is 2. The lowest BCUT2D eigenvalue weighted by Gasteiger charge is -2.16. The largest absolute Gasteiger partial charge is 0.368 e. The number of carbonyl (C=O) groups is 3. The maximum absolute atomic E-state index is 11.9. The van der Waals surface area contributed by atoms with E-state index in [1.807, 2.05) is 0 Å². The minimum absolute atomic E-state index is 0.0112. The van der Waals surface area contributed by atoms with E-state index in [1.165, 1.54) is 6.07 Å². The summed E-state index contributed by atoms with van der Waals surface area (Å²) < 4.78 is 31.1. The lowest BCUT2D eigenvalue weighted by Crippen LogP contribution is -2.37. The van der Waals surface area contributed by atoms with E-state index in [0.29, 0.717) is 0 Å². The molecule has 2 rings (SSSR count). The predicted molar refractivity (Wildman–Crippen MR) is 76.2 cm³/mol. The van der Waals surface area contributed by atoms with Crippen molar-refractivity contribution < 1.29 is 32.2 Å². The molecule has 1 fully saturated rings. The third kappa shape index (κ3) is 3.27. The first kappa shape index (κ1) is 17.2. The number of benzene rings is 1. The molecule has 1 saturated heterocycles. The highest BCUT2D eigenvalue weighted by Crippen LogP contribution is 2.28. The molecule has 1 unspecified atom stereocenters. The second-order valence-electron chi connectivity index (χ2n) is 4.56. The summed E-state index contributed by atoms with van der Waals surface area (Å²) in [4.78, 5) is 42.5. The van der Waals surface area contributed by atoms with Gasteiger partial charge in [-0.05, 0) is 17.7 Å². The summed E-state index contributed by atoms with van der Waals surface area (Å²) in [6, 6.07) is 3.40. The minimum atomic E-state index is -4.80. The first-order chi connectivity index (χ1) is 11.1. The summed E-state index contributed by atoms with van der Waals surface area (Å²) >= 11 is 0. The topological polar surface area (TPSA) is 193 Å². The van der Waals surface area contributed by atoms with Gasteiger partial charge in [-0.2, -0.15) is 8.42 Å². The van der Waals surface area contributed by atoms with E-state index in [2.05, 4.69) is 10.0 Å². The molecule has 12 nitrogen and oxygen atoms in total. The number of nitrogens with two attached hydrogens (primary N) is 1. The number of nitrogens with zero attached hydrogens (tertiary/aromatic N) is 4. The third-order valence-corrected chi connectivity index (χ3v) is 4.09. The Kier molecular flexibility index (Phi) is 4.41. The monoisotopic (exact) mass is 355 g/mol. The number of carbonyl (C=O) groups excluding carboxylic acids is 3. The fourth-order valence-electron chi connectivity index (χ4n) is 1.91. The first-order valence-corrected chi connectivity index (χ1v) is 7.65. The van der Waals surface area contributed by atoms with Crippen molar-refractivity contribution in [3.8, 4) is 5.75 Å². The standard InChI is InChI=1S/C11H9N5O7S/c12-10(18)6-2-1-5(14-15-13)3-7(6)23-16-9(17)4-8(11(16)19)24(20,21)22/h1-3,8H,4H2,(H2,12,18)(H,20,21,22). The van der Waals surface area contributed by atoms with Crippen LogP contribution < -0.4 is 10.6 Å². The molecule has 0 spiro atoms. The predicted octanol–water partition coefficient (Wildman–Crippen LogP) is 0.0364. The van der Waals surface area contributed by atoms with Crippen LogP contribution in [0.25, 0.3) is 10.4 Å². The van der Waals surface area contributed by atoms with E-state index in [4.69, 9.17) is 20.7 Å². The number of primary amides is 1. The van der Waals surface area contributed by atoms with Crippen LogP contribution >= 0.6 is 0 Å². The van der Waals surface area contributed by atoms with Gasteiger partial charge in [0, 0.05) is 10.6 Å². The molecule has 0 radical (unpaired) electrons. The van der Waals surface area contributed by atoms with Gasteiger partial charge in [0.1, 0.15) is 0 Å². The van der Waals surface area contributed by atoms with E-state index in [-0.39, 0.29) is 16.3 Å². The van der Waals surface area contributed by atoms with Crippen molar-refractivity contribution in [1.29, 1.82) is 0 Å². The zero-order chi connectivity index (χ0) is 18.1. The number of amides is 3. The van der Waals surface area contributed by atoms with Gasteiger partial charge in [0.2, 0.25) is 0 Å². The van der Waals surface area contributed by atoms with Gasteiger partial charge in [-0.15, -0.1) is 5.06 Å². The van der Waals surface area contributed by atoms with E-state index in [9.17, 15) is 22.8 Å². The van der Waals surface area contributed by atoms with Crippen LogP contribution in [-0.2, 0) is 19.7 Å².